The number of hydrogen-bond acceptors (Lipinski definition) is 5. The van der Waals surface area contributed by atoms with Gasteiger partial charge in [-0.3, -0.25) is 9.69 Å². The van der Waals surface area contributed by atoms with Crippen LogP contribution >= 0.6 is 23.4 Å². The lowest BCUT2D eigenvalue weighted by atomic mass is 10.0. The van der Waals surface area contributed by atoms with Gasteiger partial charge >= 0.3 is 0 Å². The van der Waals surface area contributed by atoms with Gasteiger partial charge in [-0.1, -0.05) is 65.8 Å². The number of benzene rings is 2. The highest BCUT2D eigenvalue weighted by atomic mass is 35.5. The van der Waals surface area contributed by atoms with Crippen molar-refractivity contribution in [3.8, 4) is 5.75 Å². The van der Waals surface area contributed by atoms with Crippen LogP contribution in [0.1, 0.15) is 11.6 Å². The molecule has 1 unspecified atom stereocenters. The van der Waals surface area contributed by atoms with Crippen LogP contribution in [0.5, 0.6) is 5.75 Å². The summed E-state index contributed by atoms with van der Waals surface area (Å²) in [5, 5.41) is 1.17. The van der Waals surface area contributed by atoms with E-state index in [1.54, 1.807) is 12.3 Å². The van der Waals surface area contributed by atoms with Crippen molar-refractivity contribution in [3.05, 3.63) is 77.4 Å². The minimum atomic E-state index is -0.189. The van der Waals surface area contributed by atoms with Crippen LogP contribution in [0, 0.1) is 0 Å². The number of halogens is 1. The first kappa shape index (κ1) is 19.0. The second-order valence-corrected chi connectivity index (χ2v) is 8.22. The summed E-state index contributed by atoms with van der Waals surface area (Å²) in [7, 11) is 0. The van der Waals surface area contributed by atoms with Crippen molar-refractivity contribution in [1.29, 1.82) is 0 Å². The van der Waals surface area contributed by atoms with E-state index in [4.69, 9.17) is 16.3 Å². The Kier molecular flexibility index (Phi) is 5.06. The number of aromatic amines is 1. The number of carbonyl (C=O) groups excluding carboxylic acids is 1. The third kappa shape index (κ3) is 3.62. The Morgan fingerprint density at radius 1 is 1.20 bits per heavy atom. The number of fused-ring (bicyclic) bond motifs is 2. The van der Waals surface area contributed by atoms with E-state index in [9.17, 15) is 4.79 Å². The summed E-state index contributed by atoms with van der Waals surface area (Å²) < 4.78 is 5.94. The number of imidazole rings is 1. The van der Waals surface area contributed by atoms with Gasteiger partial charge in [0.25, 0.3) is 0 Å². The van der Waals surface area contributed by atoms with E-state index in [-0.39, 0.29) is 17.7 Å². The molecule has 2 aromatic heterocycles. The molecule has 1 N–H and O–H groups in total. The number of ether oxygens (including phenoxy) is 1. The number of thioether (sulfide) groups is 1. The maximum Gasteiger partial charge on any atom is 0.238 e. The summed E-state index contributed by atoms with van der Waals surface area (Å²) >= 11 is 7.33. The van der Waals surface area contributed by atoms with Crippen molar-refractivity contribution in [3.63, 3.8) is 0 Å². The van der Waals surface area contributed by atoms with Crippen LogP contribution in [0.2, 0.25) is 5.02 Å². The van der Waals surface area contributed by atoms with Gasteiger partial charge in [0.1, 0.15) is 12.4 Å². The largest absolute Gasteiger partial charge is 0.489 e. The number of hydrogen-bond donors (Lipinski definition) is 1. The summed E-state index contributed by atoms with van der Waals surface area (Å²) in [6, 6.07) is 19.2. The fourth-order valence-corrected chi connectivity index (χ4v) is 4.43. The van der Waals surface area contributed by atoms with Crippen LogP contribution in [-0.4, -0.2) is 33.2 Å². The van der Waals surface area contributed by atoms with Gasteiger partial charge in [0, 0.05) is 6.20 Å². The lowest BCUT2D eigenvalue weighted by Crippen LogP contribution is -2.42. The zero-order chi connectivity index (χ0) is 20.5. The Balaban J connectivity index is 1.42. The minimum absolute atomic E-state index is 0.0175. The zero-order valence-electron chi connectivity index (χ0n) is 15.8. The molecule has 5 rings (SSSR count). The molecule has 1 amide bonds. The normalized spacial score (nSPS) is 15.6. The Morgan fingerprint density at radius 2 is 2.00 bits per heavy atom. The fraction of sp³-hybridized carbons (Fsp3) is 0.136. The molecular weight excluding hydrogens is 420 g/mol. The molecule has 0 bridgehead atoms. The molecule has 0 fully saturated rings. The number of aromatic nitrogens is 3. The van der Waals surface area contributed by atoms with Crippen LogP contribution in [0.4, 0.5) is 5.69 Å². The average Bonchev–Trinajstić information content (AvgIpc) is 3.19. The smallest absolute Gasteiger partial charge is 0.238 e. The van der Waals surface area contributed by atoms with Gasteiger partial charge in [0.15, 0.2) is 10.8 Å². The summed E-state index contributed by atoms with van der Waals surface area (Å²) in [6.07, 6.45) is 1.56. The molecule has 1 aliphatic heterocycles. The van der Waals surface area contributed by atoms with E-state index in [1.165, 1.54) is 11.8 Å². The molecule has 8 heteroatoms. The van der Waals surface area contributed by atoms with Crippen molar-refractivity contribution < 1.29 is 9.53 Å². The van der Waals surface area contributed by atoms with Gasteiger partial charge in [-0.05, 0) is 23.8 Å². The van der Waals surface area contributed by atoms with Crippen molar-refractivity contribution in [1.82, 2.24) is 15.0 Å². The number of anilines is 1. The molecule has 3 heterocycles. The Morgan fingerprint density at radius 3 is 2.87 bits per heavy atom. The molecule has 30 heavy (non-hydrogen) atoms. The lowest BCUT2D eigenvalue weighted by molar-refractivity contribution is -0.117. The van der Waals surface area contributed by atoms with E-state index >= 15 is 0 Å². The highest BCUT2D eigenvalue weighted by Crippen LogP contribution is 2.39. The van der Waals surface area contributed by atoms with Gasteiger partial charge in [0.05, 0.1) is 28.0 Å². The summed E-state index contributed by atoms with van der Waals surface area (Å²) in [4.78, 5) is 27.0. The molecular formula is C22H17ClN4O2S. The van der Waals surface area contributed by atoms with Crippen molar-refractivity contribution in [2.75, 3.05) is 17.3 Å². The number of nitrogens with zero attached hydrogens (tertiary/aromatic N) is 3. The van der Waals surface area contributed by atoms with Crippen LogP contribution in [0.25, 0.3) is 11.2 Å². The maximum atomic E-state index is 13.4. The molecule has 6 nitrogen and oxygen atoms in total. The molecule has 0 saturated heterocycles. The first-order valence-corrected chi connectivity index (χ1v) is 10.8. The highest BCUT2D eigenvalue weighted by molar-refractivity contribution is 7.99. The third-order valence-corrected chi connectivity index (χ3v) is 5.97. The maximum absolute atomic E-state index is 13.4. The molecule has 4 aromatic rings. The highest BCUT2D eigenvalue weighted by Gasteiger charge is 2.33. The fourth-order valence-electron chi connectivity index (χ4n) is 3.54. The zero-order valence-corrected chi connectivity index (χ0v) is 17.4. The van der Waals surface area contributed by atoms with Crippen LogP contribution in [0.3, 0.4) is 0 Å². The van der Waals surface area contributed by atoms with Gasteiger partial charge in [0.2, 0.25) is 5.91 Å². The Hall–Kier alpha value is -3.03. The summed E-state index contributed by atoms with van der Waals surface area (Å²) in [6.45, 7) is 0.407. The SMILES string of the molecule is O=C(CSc1nc2ncc(Cl)cc2[nH]1)N1c2ccccc2OCC1c1ccccc1. The second-order valence-electron chi connectivity index (χ2n) is 6.82. The number of amides is 1. The van der Waals surface area contributed by atoms with Gasteiger partial charge in [-0.25, -0.2) is 9.97 Å². The number of para-hydroxylation sites is 2. The summed E-state index contributed by atoms with van der Waals surface area (Å²) in [5.41, 5.74) is 3.14. The minimum Gasteiger partial charge on any atom is -0.489 e. The molecule has 0 aliphatic carbocycles. The molecule has 150 valence electrons. The molecule has 0 spiro atoms. The molecule has 1 atom stereocenters. The van der Waals surface area contributed by atoms with Gasteiger partial charge in [-0.2, -0.15) is 0 Å². The first-order chi connectivity index (χ1) is 14.7. The number of pyridine rings is 1. The van der Waals surface area contributed by atoms with Gasteiger partial charge in [-0.15, -0.1) is 0 Å². The first-order valence-electron chi connectivity index (χ1n) is 9.42. The lowest BCUT2D eigenvalue weighted by Gasteiger charge is -2.37. The average molecular weight is 437 g/mol. The van der Waals surface area contributed by atoms with E-state index in [1.807, 2.05) is 59.5 Å². The number of H-pyrrole nitrogens is 1. The van der Waals surface area contributed by atoms with Crippen LogP contribution in [-0.2, 0) is 4.79 Å². The Bertz CT molecular complexity index is 1210. The van der Waals surface area contributed by atoms with Crippen LogP contribution < -0.4 is 9.64 Å². The topological polar surface area (TPSA) is 71.1 Å². The van der Waals surface area contributed by atoms with Crippen molar-refractivity contribution >= 4 is 46.1 Å². The molecule has 2 aromatic carbocycles. The predicted octanol–water partition coefficient (Wildman–Crippen LogP) is 4.87. The molecule has 1 aliphatic rings. The predicted molar refractivity (Wildman–Crippen MR) is 118 cm³/mol. The van der Waals surface area contributed by atoms with Crippen LogP contribution in [0.15, 0.2) is 72.0 Å². The number of carbonyl (C=O) groups is 1. The van der Waals surface area contributed by atoms with E-state index in [2.05, 4.69) is 15.0 Å². The number of nitrogens with one attached hydrogen (secondary N) is 1. The van der Waals surface area contributed by atoms with Crippen molar-refractivity contribution in [2.45, 2.75) is 11.2 Å². The quantitative estimate of drug-likeness (QED) is 0.462. The molecule has 0 saturated carbocycles. The van der Waals surface area contributed by atoms with E-state index < -0.39 is 0 Å². The summed E-state index contributed by atoms with van der Waals surface area (Å²) in [5.74, 6) is 0.923. The molecule has 0 radical (unpaired) electrons. The third-order valence-electron chi connectivity index (χ3n) is 4.90. The Labute approximate surface area is 182 Å². The standard InChI is InChI=1S/C22H17ClN4O2S/c23-15-10-16-21(24-11-15)26-22(25-16)30-13-20(28)27-17-8-4-5-9-19(17)29-12-18(27)14-6-2-1-3-7-14/h1-11,18H,12-13H2,(H,24,25,26). The van der Waals surface area contributed by atoms with E-state index in [0.717, 1.165) is 16.8 Å². The van der Waals surface area contributed by atoms with E-state index in [0.29, 0.717) is 28.2 Å². The number of rotatable bonds is 4. The van der Waals surface area contributed by atoms with Crippen molar-refractivity contribution in [2.24, 2.45) is 0 Å². The van der Waals surface area contributed by atoms with Gasteiger partial charge < -0.3 is 9.72 Å². The second kappa shape index (κ2) is 8.01. The monoisotopic (exact) mass is 436 g/mol.